The molecule has 0 amide bonds. The number of hydrogen-bond acceptors (Lipinski definition) is 3. The Hall–Kier alpha value is -2.10. The van der Waals surface area contributed by atoms with Crippen LogP contribution in [0, 0.1) is 13.8 Å². The number of aromatic nitrogens is 2. The van der Waals surface area contributed by atoms with Crippen LogP contribution in [0.15, 0.2) is 35.3 Å². The van der Waals surface area contributed by atoms with E-state index < -0.39 is 0 Å². The second kappa shape index (κ2) is 3.81. The Balaban J connectivity index is 2.64. The molecule has 82 valence electrons. The summed E-state index contributed by atoms with van der Waals surface area (Å²) in [6, 6.07) is 6.83. The lowest BCUT2D eigenvalue weighted by molar-refractivity contribution is 0.915. The van der Waals surface area contributed by atoms with Crippen LogP contribution in [-0.4, -0.2) is 9.55 Å². The van der Waals surface area contributed by atoms with Gasteiger partial charge < -0.3 is 10.3 Å². The molecule has 0 aromatic carbocycles. The van der Waals surface area contributed by atoms with E-state index in [9.17, 15) is 4.79 Å². The van der Waals surface area contributed by atoms with Gasteiger partial charge in [0.2, 0.25) is 0 Å². The molecule has 0 atom stereocenters. The third-order valence-corrected chi connectivity index (χ3v) is 2.44. The van der Waals surface area contributed by atoms with E-state index in [1.165, 1.54) is 0 Å². The highest BCUT2D eigenvalue weighted by atomic mass is 16.1. The number of hydrogen-bond donors (Lipinski definition) is 1. The Bertz CT molecular complexity index is 544. The predicted octanol–water partition coefficient (Wildman–Crippen LogP) is 1.43. The van der Waals surface area contributed by atoms with Gasteiger partial charge in [-0.1, -0.05) is 0 Å². The van der Waals surface area contributed by atoms with Gasteiger partial charge in [0.15, 0.2) is 5.43 Å². The summed E-state index contributed by atoms with van der Waals surface area (Å²) in [6.07, 6.45) is 1.69. The first-order valence-corrected chi connectivity index (χ1v) is 5.00. The van der Waals surface area contributed by atoms with Crippen molar-refractivity contribution in [1.29, 1.82) is 0 Å². The normalized spacial score (nSPS) is 10.4. The van der Waals surface area contributed by atoms with Crippen molar-refractivity contribution in [2.24, 2.45) is 0 Å². The zero-order chi connectivity index (χ0) is 11.7. The van der Waals surface area contributed by atoms with Gasteiger partial charge in [0.1, 0.15) is 5.82 Å². The van der Waals surface area contributed by atoms with Crippen molar-refractivity contribution < 1.29 is 0 Å². The van der Waals surface area contributed by atoms with Gasteiger partial charge in [-0.3, -0.25) is 4.79 Å². The number of nitrogens with zero attached hydrogens (tertiary/aromatic N) is 2. The van der Waals surface area contributed by atoms with Crippen molar-refractivity contribution in [3.63, 3.8) is 0 Å². The molecule has 0 aliphatic heterocycles. The summed E-state index contributed by atoms with van der Waals surface area (Å²) in [5.41, 5.74) is 8.24. The van der Waals surface area contributed by atoms with E-state index >= 15 is 0 Å². The van der Waals surface area contributed by atoms with Crippen LogP contribution in [-0.2, 0) is 0 Å². The number of nitrogen functional groups attached to an aromatic ring is 1. The van der Waals surface area contributed by atoms with Crippen LogP contribution in [0.25, 0.3) is 5.69 Å². The molecule has 2 N–H and O–H groups in total. The Labute approximate surface area is 93.4 Å². The molecule has 2 aromatic rings. The van der Waals surface area contributed by atoms with Crippen LogP contribution >= 0.6 is 0 Å². The standard InChI is InChI=1S/C12H13N3O/c1-8-5-11(16)6-9(2)15(8)10-3-4-12(13)14-7-10/h3-7H,1-2H3,(H2,13,14). The number of anilines is 1. The van der Waals surface area contributed by atoms with Gasteiger partial charge in [0, 0.05) is 23.5 Å². The molecule has 2 rings (SSSR count). The first-order valence-electron chi connectivity index (χ1n) is 5.00. The van der Waals surface area contributed by atoms with E-state index in [2.05, 4.69) is 4.98 Å². The second-order valence-corrected chi connectivity index (χ2v) is 3.75. The van der Waals surface area contributed by atoms with Crippen molar-refractivity contribution in [3.05, 3.63) is 52.1 Å². The third-order valence-electron chi connectivity index (χ3n) is 2.44. The third kappa shape index (κ3) is 1.82. The average Bonchev–Trinajstić information content (AvgIpc) is 2.19. The molecule has 0 saturated carbocycles. The van der Waals surface area contributed by atoms with Crippen molar-refractivity contribution in [3.8, 4) is 5.69 Å². The van der Waals surface area contributed by atoms with Crippen molar-refractivity contribution in [2.45, 2.75) is 13.8 Å². The number of rotatable bonds is 1. The molecule has 0 aliphatic rings. The SMILES string of the molecule is Cc1cc(=O)cc(C)n1-c1ccc(N)nc1. The van der Waals surface area contributed by atoms with Crippen molar-refractivity contribution >= 4 is 5.82 Å². The molecule has 4 nitrogen and oxygen atoms in total. The highest BCUT2D eigenvalue weighted by molar-refractivity contribution is 5.39. The summed E-state index contributed by atoms with van der Waals surface area (Å²) >= 11 is 0. The van der Waals surface area contributed by atoms with Crippen LogP contribution in [0.5, 0.6) is 0 Å². The Morgan fingerprint density at radius 1 is 1.19 bits per heavy atom. The lowest BCUT2D eigenvalue weighted by Gasteiger charge is -2.13. The monoisotopic (exact) mass is 215 g/mol. The van der Waals surface area contributed by atoms with E-state index in [0.717, 1.165) is 17.1 Å². The topological polar surface area (TPSA) is 60.9 Å². The van der Waals surface area contributed by atoms with Gasteiger partial charge in [0.05, 0.1) is 11.9 Å². The fourth-order valence-corrected chi connectivity index (χ4v) is 1.80. The van der Waals surface area contributed by atoms with Crippen LogP contribution in [0.4, 0.5) is 5.82 Å². The minimum atomic E-state index is 0.0228. The fourth-order valence-electron chi connectivity index (χ4n) is 1.80. The molecular weight excluding hydrogens is 202 g/mol. The molecule has 2 heterocycles. The Kier molecular flexibility index (Phi) is 2.48. The summed E-state index contributed by atoms with van der Waals surface area (Å²) < 4.78 is 1.97. The first kappa shape index (κ1) is 10.4. The van der Waals surface area contributed by atoms with Crippen LogP contribution < -0.4 is 11.2 Å². The van der Waals surface area contributed by atoms with Crippen molar-refractivity contribution in [1.82, 2.24) is 9.55 Å². The van der Waals surface area contributed by atoms with Gasteiger partial charge >= 0.3 is 0 Å². The molecular formula is C12H13N3O. The largest absolute Gasteiger partial charge is 0.384 e. The maximum absolute atomic E-state index is 11.3. The minimum Gasteiger partial charge on any atom is -0.384 e. The number of aryl methyl sites for hydroxylation is 2. The molecule has 0 unspecified atom stereocenters. The summed E-state index contributed by atoms with van der Waals surface area (Å²) in [6.45, 7) is 3.79. The predicted molar refractivity (Wildman–Crippen MR) is 63.7 cm³/mol. The summed E-state index contributed by atoms with van der Waals surface area (Å²) in [5, 5.41) is 0. The number of pyridine rings is 2. The Morgan fingerprint density at radius 2 is 1.81 bits per heavy atom. The van der Waals surface area contributed by atoms with Gasteiger partial charge in [-0.05, 0) is 26.0 Å². The van der Waals surface area contributed by atoms with E-state index in [4.69, 9.17) is 5.73 Å². The molecule has 2 aromatic heterocycles. The highest BCUT2D eigenvalue weighted by Gasteiger charge is 2.03. The quantitative estimate of drug-likeness (QED) is 0.782. The summed E-state index contributed by atoms with van der Waals surface area (Å²) in [7, 11) is 0. The molecule has 0 bridgehead atoms. The zero-order valence-corrected chi connectivity index (χ0v) is 9.27. The van der Waals surface area contributed by atoms with E-state index in [0.29, 0.717) is 5.82 Å². The summed E-state index contributed by atoms with van der Waals surface area (Å²) in [4.78, 5) is 15.3. The molecule has 0 saturated heterocycles. The van der Waals surface area contributed by atoms with Gasteiger partial charge in [-0.25, -0.2) is 4.98 Å². The lowest BCUT2D eigenvalue weighted by atomic mass is 10.2. The van der Waals surface area contributed by atoms with Crippen LogP contribution in [0.2, 0.25) is 0 Å². The molecule has 0 spiro atoms. The maximum atomic E-state index is 11.3. The molecule has 4 heteroatoms. The Morgan fingerprint density at radius 3 is 2.31 bits per heavy atom. The van der Waals surface area contributed by atoms with Gasteiger partial charge in [-0.15, -0.1) is 0 Å². The molecule has 0 radical (unpaired) electrons. The van der Waals surface area contributed by atoms with E-state index in [1.807, 2.05) is 24.5 Å². The lowest BCUT2D eigenvalue weighted by Crippen LogP contribution is -2.11. The fraction of sp³-hybridized carbons (Fsp3) is 0.167. The summed E-state index contributed by atoms with van der Waals surface area (Å²) in [5.74, 6) is 0.486. The molecule has 0 aliphatic carbocycles. The highest BCUT2D eigenvalue weighted by Crippen LogP contribution is 2.12. The first-order chi connectivity index (χ1) is 7.58. The average molecular weight is 215 g/mol. The van der Waals surface area contributed by atoms with E-state index in [-0.39, 0.29) is 5.43 Å². The van der Waals surface area contributed by atoms with Crippen LogP contribution in [0.3, 0.4) is 0 Å². The smallest absolute Gasteiger partial charge is 0.182 e. The maximum Gasteiger partial charge on any atom is 0.182 e. The molecule has 16 heavy (non-hydrogen) atoms. The zero-order valence-electron chi connectivity index (χ0n) is 9.27. The molecule has 0 fully saturated rings. The second-order valence-electron chi connectivity index (χ2n) is 3.75. The van der Waals surface area contributed by atoms with E-state index in [1.54, 1.807) is 24.4 Å². The minimum absolute atomic E-state index is 0.0228. The van der Waals surface area contributed by atoms with Gasteiger partial charge in [-0.2, -0.15) is 0 Å². The van der Waals surface area contributed by atoms with Gasteiger partial charge in [0.25, 0.3) is 0 Å². The number of nitrogens with two attached hydrogens (primary N) is 1. The van der Waals surface area contributed by atoms with Crippen LogP contribution in [0.1, 0.15) is 11.4 Å². The van der Waals surface area contributed by atoms with Crippen molar-refractivity contribution in [2.75, 3.05) is 5.73 Å².